The van der Waals surface area contributed by atoms with Crippen LogP contribution in [0.15, 0.2) is 5.11 Å². The normalized spacial score (nSPS) is 22.2. The molecule has 6 nitrogen and oxygen atoms in total. The summed E-state index contributed by atoms with van der Waals surface area (Å²) in [5, 5.41) is 3.70. The first-order valence-corrected chi connectivity index (χ1v) is 4.91. The van der Waals surface area contributed by atoms with Gasteiger partial charge in [0.25, 0.3) is 0 Å². The van der Waals surface area contributed by atoms with Crippen LogP contribution in [-0.4, -0.2) is 50.3 Å². The molecule has 1 atom stereocenters. The smallest absolute Gasteiger partial charge is 0.0594 e. The third-order valence-electron chi connectivity index (χ3n) is 2.28. The first-order chi connectivity index (χ1) is 6.86. The van der Waals surface area contributed by atoms with Crippen LogP contribution >= 0.6 is 0 Å². The third-order valence-corrected chi connectivity index (χ3v) is 2.28. The number of ether oxygens (including phenoxy) is 1. The number of nitrogens with zero attached hydrogens (tertiary/aromatic N) is 4. The molecule has 0 amide bonds. The van der Waals surface area contributed by atoms with Gasteiger partial charge in [0.15, 0.2) is 0 Å². The van der Waals surface area contributed by atoms with E-state index in [0.717, 1.165) is 26.1 Å². The molecule has 0 bridgehead atoms. The second-order valence-corrected chi connectivity index (χ2v) is 3.35. The molecule has 80 valence electrons. The lowest BCUT2D eigenvalue weighted by Gasteiger charge is -2.14. The van der Waals surface area contributed by atoms with E-state index in [4.69, 9.17) is 16.0 Å². The number of rotatable bonds is 6. The highest BCUT2D eigenvalue weighted by molar-refractivity contribution is 4.80. The second kappa shape index (κ2) is 6.62. The Bertz CT molecular complexity index is 204. The zero-order chi connectivity index (χ0) is 10.2. The standard InChI is InChI=1S/C8H17N5O/c9-2-5-14-6-4-13-3-1-8(7-13)11-12-10/h8H,1-7,9H2. The Labute approximate surface area is 83.6 Å². The Kier molecular flexibility index (Phi) is 5.32. The summed E-state index contributed by atoms with van der Waals surface area (Å²) in [6, 6.07) is 0.148. The maximum absolute atomic E-state index is 8.26. The van der Waals surface area contributed by atoms with Gasteiger partial charge in [0, 0.05) is 24.5 Å². The number of azide groups is 1. The van der Waals surface area contributed by atoms with Crippen molar-refractivity contribution in [2.75, 3.05) is 39.4 Å². The van der Waals surface area contributed by atoms with Gasteiger partial charge < -0.3 is 15.4 Å². The van der Waals surface area contributed by atoms with Crippen molar-refractivity contribution < 1.29 is 4.74 Å². The maximum atomic E-state index is 8.26. The molecule has 0 radical (unpaired) electrons. The minimum atomic E-state index is 0.148. The molecule has 14 heavy (non-hydrogen) atoms. The van der Waals surface area contributed by atoms with Crippen molar-refractivity contribution in [3.63, 3.8) is 0 Å². The quantitative estimate of drug-likeness (QED) is 0.290. The van der Waals surface area contributed by atoms with Crippen molar-refractivity contribution in [3.8, 4) is 0 Å². The Morgan fingerprint density at radius 3 is 3.14 bits per heavy atom. The first-order valence-electron chi connectivity index (χ1n) is 4.91. The van der Waals surface area contributed by atoms with Gasteiger partial charge >= 0.3 is 0 Å². The van der Waals surface area contributed by atoms with Crippen LogP contribution in [0.3, 0.4) is 0 Å². The van der Waals surface area contributed by atoms with Gasteiger partial charge in [-0.05, 0) is 18.5 Å². The molecular formula is C8H17N5O. The second-order valence-electron chi connectivity index (χ2n) is 3.35. The van der Waals surface area contributed by atoms with Crippen LogP contribution in [0.5, 0.6) is 0 Å². The Morgan fingerprint density at radius 1 is 1.57 bits per heavy atom. The molecule has 0 aromatic heterocycles. The lowest BCUT2D eigenvalue weighted by atomic mass is 10.3. The zero-order valence-corrected chi connectivity index (χ0v) is 8.30. The molecule has 6 heteroatoms. The minimum absolute atomic E-state index is 0.148. The van der Waals surface area contributed by atoms with Crippen molar-refractivity contribution in [2.24, 2.45) is 10.8 Å². The van der Waals surface area contributed by atoms with E-state index >= 15 is 0 Å². The van der Waals surface area contributed by atoms with Gasteiger partial charge in [0.2, 0.25) is 0 Å². The Hall–Kier alpha value is -0.810. The van der Waals surface area contributed by atoms with Crippen LogP contribution in [0.2, 0.25) is 0 Å². The van der Waals surface area contributed by atoms with E-state index in [0.29, 0.717) is 19.8 Å². The van der Waals surface area contributed by atoms with Crippen LogP contribution in [0.4, 0.5) is 0 Å². The number of likely N-dealkylation sites (tertiary alicyclic amines) is 1. The minimum Gasteiger partial charge on any atom is -0.379 e. The average Bonchev–Trinajstić information content (AvgIpc) is 2.61. The lowest BCUT2D eigenvalue weighted by molar-refractivity contribution is 0.117. The number of nitrogens with two attached hydrogens (primary N) is 1. The zero-order valence-electron chi connectivity index (χ0n) is 8.30. The summed E-state index contributed by atoms with van der Waals surface area (Å²) in [6.45, 7) is 4.65. The molecular weight excluding hydrogens is 182 g/mol. The third kappa shape index (κ3) is 3.93. The summed E-state index contributed by atoms with van der Waals surface area (Å²) in [4.78, 5) is 5.06. The van der Waals surface area contributed by atoms with Crippen LogP contribution in [0.1, 0.15) is 6.42 Å². The van der Waals surface area contributed by atoms with E-state index in [-0.39, 0.29) is 6.04 Å². The molecule has 1 rings (SSSR count). The molecule has 1 aliphatic heterocycles. The molecule has 1 heterocycles. The predicted molar refractivity (Wildman–Crippen MR) is 53.9 cm³/mol. The predicted octanol–water partition coefficient (Wildman–Crippen LogP) is 0.346. The summed E-state index contributed by atoms with van der Waals surface area (Å²) in [6.07, 6.45) is 0.959. The molecule has 1 fully saturated rings. The molecule has 0 aromatic rings. The van der Waals surface area contributed by atoms with E-state index in [1.54, 1.807) is 0 Å². The van der Waals surface area contributed by atoms with Gasteiger partial charge in [-0.1, -0.05) is 5.11 Å². The SMILES string of the molecule is [N-]=[N+]=NC1CCN(CCOCCN)C1. The molecule has 2 N–H and O–H groups in total. The largest absolute Gasteiger partial charge is 0.379 e. The van der Waals surface area contributed by atoms with Crippen molar-refractivity contribution in [1.82, 2.24) is 4.90 Å². The average molecular weight is 199 g/mol. The summed E-state index contributed by atoms with van der Waals surface area (Å²) >= 11 is 0. The van der Waals surface area contributed by atoms with E-state index in [9.17, 15) is 0 Å². The summed E-state index contributed by atoms with van der Waals surface area (Å²) in [5.74, 6) is 0. The van der Waals surface area contributed by atoms with Crippen LogP contribution in [0, 0.1) is 0 Å². The topological polar surface area (TPSA) is 87.2 Å². The van der Waals surface area contributed by atoms with Crippen LogP contribution in [-0.2, 0) is 4.74 Å². The summed E-state index contributed by atoms with van der Waals surface area (Å²) in [5.41, 5.74) is 13.6. The van der Waals surface area contributed by atoms with E-state index in [2.05, 4.69) is 14.9 Å². The van der Waals surface area contributed by atoms with E-state index in [1.807, 2.05) is 0 Å². The fourth-order valence-electron chi connectivity index (χ4n) is 1.56. The van der Waals surface area contributed by atoms with Crippen LogP contribution < -0.4 is 5.73 Å². The van der Waals surface area contributed by atoms with Gasteiger partial charge in [-0.3, -0.25) is 0 Å². The Balaban J connectivity index is 2.07. The number of hydrogen-bond acceptors (Lipinski definition) is 4. The highest BCUT2D eigenvalue weighted by Gasteiger charge is 2.20. The van der Waals surface area contributed by atoms with Gasteiger partial charge in [-0.25, -0.2) is 0 Å². The van der Waals surface area contributed by atoms with Crippen molar-refractivity contribution in [2.45, 2.75) is 12.5 Å². The molecule has 0 aromatic carbocycles. The fraction of sp³-hybridized carbons (Fsp3) is 1.00. The molecule has 1 saturated heterocycles. The molecule has 1 unspecified atom stereocenters. The monoisotopic (exact) mass is 199 g/mol. The highest BCUT2D eigenvalue weighted by Crippen LogP contribution is 2.11. The van der Waals surface area contributed by atoms with E-state index < -0.39 is 0 Å². The van der Waals surface area contributed by atoms with Crippen LogP contribution in [0.25, 0.3) is 10.4 Å². The number of hydrogen-bond donors (Lipinski definition) is 1. The van der Waals surface area contributed by atoms with Gasteiger partial charge in [-0.15, -0.1) is 0 Å². The fourth-order valence-corrected chi connectivity index (χ4v) is 1.56. The highest BCUT2D eigenvalue weighted by atomic mass is 16.5. The van der Waals surface area contributed by atoms with E-state index in [1.165, 1.54) is 0 Å². The molecule has 0 spiro atoms. The molecule has 0 saturated carbocycles. The summed E-state index contributed by atoms with van der Waals surface area (Å²) < 4.78 is 5.27. The Morgan fingerprint density at radius 2 is 2.43 bits per heavy atom. The maximum Gasteiger partial charge on any atom is 0.0594 e. The van der Waals surface area contributed by atoms with Gasteiger partial charge in [0.1, 0.15) is 0 Å². The molecule has 0 aliphatic carbocycles. The molecule has 1 aliphatic rings. The van der Waals surface area contributed by atoms with Gasteiger partial charge in [-0.2, -0.15) is 0 Å². The first kappa shape index (κ1) is 11.3. The van der Waals surface area contributed by atoms with Crippen molar-refractivity contribution in [3.05, 3.63) is 10.4 Å². The summed E-state index contributed by atoms with van der Waals surface area (Å²) in [7, 11) is 0. The van der Waals surface area contributed by atoms with Crippen molar-refractivity contribution in [1.29, 1.82) is 0 Å². The van der Waals surface area contributed by atoms with Gasteiger partial charge in [0.05, 0.1) is 19.3 Å². The lowest BCUT2D eigenvalue weighted by Crippen LogP contribution is -2.26. The van der Waals surface area contributed by atoms with Crippen molar-refractivity contribution >= 4 is 0 Å².